The highest BCUT2D eigenvalue weighted by atomic mass is 19.3. The van der Waals surface area contributed by atoms with Gasteiger partial charge >= 0.3 is 0 Å². The normalized spacial score (nSPS) is 22.0. The number of nitrogens with one attached hydrogen (secondary N) is 1. The van der Waals surface area contributed by atoms with Crippen molar-refractivity contribution in [1.29, 1.82) is 0 Å². The summed E-state index contributed by atoms with van der Waals surface area (Å²) in [5, 5.41) is 9.11. The van der Waals surface area contributed by atoms with Gasteiger partial charge in [0, 0.05) is 25.2 Å². The monoisotopic (exact) mass is 348 g/mol. The summed E-state index contributed by atoms with van der Waals surface area (Å²) in [6.07, 6.45) is 6.55. The van der Waals surface area contributed by atoms with Crippen molar-refractivity contribution < 1.29 is 13.6 Å². The highest BCUT2D eigenvalue weighted by Crippen LogP contribution is 2.31. The summed E-state index contributed by atoms with van der Waals surface area (Å²) in [4.78, 5) is 21.3. The number of alkyl halides is 2. The molecule has 0 radical (unpaired) electrons. The van der Waals surface area contributed by atoms with E-state index in [1.807, 2.05) is 0 Å². The quantitative estimate of drug-likeness (QED) is 0.789. The molecule has 1 saturated heterocycles. The number of rotatable bonds is 4. The molecule has 1 unspecified atom stereocenters. The van der Waals surface area contributed by atoms with Crippen LogP contribution in [0.3, 0.4) is 0 Å². The molecule has 2 aromatic heterocycles. The van der Waals surface area contributed by atoms with Gasteiger partial charge in [0.15, 0.2) is 18.1 Å². The Kier molecular flexibility index (Phi) is 3.55. The van der Waals surface area contributed by atoms with Crippen LogP contribution < -0.4 is 15.3 Å². The van der Waals surface area contributed by atoms with Gasteiger partial charge in [0.1, 0.15) is 12.1 Å². The van der Waals surface area contributed by atoms with E-state index >= 15 is 0 Å². The first-order chi connectivity index (χ1) is 12.1. The molecular formula is C14H14F2N8O. The van der Waals surface area contributed by atoms with Crippen LogP contribution >= 0.6 is 0 Å². The zero-order valence-corrected chi connectivity index (χ0v) is 13.0. The fourth-order valence-electron chi connectivity index (χ4n) is 2.89. The molecule has 2 aromatic rings. The van der Waals surface area contributed by atoms with E-state index in [0.717, 1.165) is 6.29 Å². The van der Waals surface area contributed by atoms with Crippen molar-refractivity contribution in [3.05, 3.63) is 31.0 Å². The van der Waals surface area contributed by atoms with Crippen LogP contribution in [0.2, 0.25) is 0 Å². The molecule has 2 aliphatic rings. The number of aldehydes is 1. The largest absolute Gasteiger partial charge is 0.350 e. The van der Waals surface area contributed by atoms with E-state index in [-0.39, 0.29) is 19.5 Å². The molecule has 0 aliphatic carbocycles. The highest BCUT2D eigenvalue weighted by Gasteiger charge is 2.39. The maximum Gasteiger partial charge on any atom is 0.266 e. The maximum atomic E-state index is 13.4. The van der Waals surface area contributed by atoms with Crippen molar-refractivity contribution in [1.82, 2.24) is 30.4 Å². The molecular weight excluding hydrogens is 334 g/mol. The van der Waals surface area contributed by atoms with Gasteiger partial charge in [0.25, 0.3) is 5.92 Å². The second-order valence-electron chi connectivity index (χ2n) is 5.76. The molecule has 130 valence electrons. The van der Waals surface area contributed by atoms with Crippen LogP contribution in [-0.2, 0) is 4.79 Å². The summed E-state index contributed by atoms with van der Waals surface area (Å²) in [6.45, 7) is -0.160. The number of carbonyl (C=O) groups is 1. The summed E-state index contributed by atoms with van der Waals surface area (Å²) in [5.74, 6) is -1.93. The maximum absolute atomic E-state index is 13.4. The van der Waals surface area contributed by atoms with Gasteiger partial charge in [-0.05, 0) is 0 Å². The summed E-state index contributed by atoms with van der Waals surface area (Å²) >= 11 is 0. The average Bonchev–Trinajstić information content (AvgIpc) is 3.33. The lowest BCUT2D eigenvalue weighted by atomic mass is 10.2. The van der Waals surface area contributed by atoms with Crippen LogP contribution in [0.1, 0.15) is 6.42 Å². The molecule has 0 bridgehead atoms. The molecule has 11 heteroatoms. The molecule has 0 saturated carbocycles. The zero-order valence-electron chi connectivity index (χ0n) is 13.0. The Labute approximate surface area is 140 Å². The number of hydrogen-bond donors (Lipinski definition) is 1. The van der Waals surface area contributed by atoms with E-state index in [1.165, 1.54) is 27.1 Å². The SMILES string of the molecule is O=CC1C(n2ccnn2)=CNN1c1cc(N2CCC(F)(F)C2)ncn1. The van der Waals surface area contributed by atoms with Crippen LogP contribution in [0.4, 0.5) is 20.4 Å². The molecule has 0 spiro atoms. The molecule has 4 rings (SSSR count). The van der Waals surface area contributed by atoms with Gasteiger partial charge in [-0.2, -0.15) is 0 Å². The average molecular weight is 348 g/mol. The van der Waals surface area contributed by atoms with E-state index in [1.54, 1.807) is 18.5 Å². The van der Waals surface area contributed by atoms with E-state index in [4.69, 9.17) is 0 Å². The minimum absolute atomic E-state index is 0.205. The number of aromatic nitrogens is 5. The first-order valence-corrected chi connectivity index (χ1v) is 7.60. The minimum atomic E-state index is -2.72. The van der Waals surface area contributed by atoms with Crippen LogP contribution in [0.25, 0.3) is 5.70 Å². The summed E-state index contributed by atoms with van der Waals surface area (Å²) < 4.78 is 28.3. The molecule has 1 atom stereocenters. The molecule has 9 nitrogen and oxygen atoms in total. The smallest absolute Gasteiger partial charge is 0.266 e. The van der Waals surface area contributed by atoms with E-state index in [9.17, 15) is 13.6 Å². The lowest BCUT2D eigenvalue weighted by Crippen LogP contribution is -2.41. The third-order valence-corrected chi connectivity index (χ3v) is 4.13. The third kappa shape index (κ3) is 2.77. The standard InChI is InChI=1S/C14H14F2N8O/c15-14(16)1-3-22(8-14)12-5-13(18-9-17-12)24-11(7-25)10(6-20-24)23-4-2-19-21-23/h2,4-7,9,11,20H,1,3,8H2. The second kappa shape index (κ2) is 5.76. The van der Waals surface area contributed by atoms with Crippen molar-refractivity contribution in [3.8, 4) is 0 Å². The van der Waals surface area contributed by atoms with Crippen LogP contribution in [0, 0.1) is 0 Å². The fraction of sp³-hybridized carbons (Fsp3) is 0.357. The van der Waals surface area contributed by atoms with Gasteiger partial charge < -0.3 is 15.1 Å². The zero-order chi connectivity index (χ0) is 17.4. The van der Waals surface area contributed by atoms with Crippen molar-refractivity contribution in [2.75, 3.05) is 23.0 Å². The first kappa shape index (κ1) is 15.4. The van der Waals surface area contributed by atoms with Crippen molar-refractivity contribution >= 4 is 23.6 Å². The van der Waals surface area contributed by atoms with Crippen molar-refractivity contribution in [3.63, 3.8) is 0 Å². The van der Waals surface area contributed by atoms with Gasteiger partial charge in [-0.15, -0.1) is 5.10 Å². The Morgan fingerprint density at radius 3 is 2.84 bits per heavy atom. The van der Waals surface area contributed by atoms with E-state index in [2.05, 4.69) is 25.7 Å². The van der Waals surface area contributed by atoms with Gasteiger partial charge in [-0.1, -0.05) is 5.21 Å². The predicted molar refractivity (Wildman–Crippen MR) is 83.6 cm³/mol. The number of anilines is 2. The van der Waals surface area contributed by atoms with Gasteiger partial charge in [-0.3, -0.25) is 5.01 Å². The molecule has 0 aromatic carbocycles. The molecule has 1 fully saturated rings. The Morgan fingerprint density at radius 2 is 2.16 bits per heavy atom. The fourth-order valence-corrected chi connectivity index (χ4v) is 2.89. The van der Waals surface area contributed by atoms with E-state index in [0.29, 0.717) is 17.3 Å². The lowest BCUT2D eigenvalue weighted by molar-refractivity contribution is -0.108. The summed E-state index contributed by atoms with van der Waals surface area (Å²) in [6, 6.07) is 0.882. The molecule has 1 N–H and O–H groups in total. The first-order valence-electron chi connectivity index (χ1n) is 7.60. The lowest BCUT2D eigenvalue weighted by Gasteiger charge is -2.24. The molecule has 4 heterocycles. The molecule has 25 heavy (non-hydrogen) atoms. The molecule has 2 aliphatic heterocycles. The summed E-state index contributed by atoms with van der Waals surface area (Å²) in [7, 11) is 0. The topological polar surface area (TPSA) is 92.1 Å². The Morgan fingerprint density at radius 1 is 1.32 bits per heavy atom. The molecule has 0 amide bonds. The van der Waals surface area contributed by atoms with Crippen LogP contribution in [0.15, 0.2) is 31.0 Å². The van der Waals surface area contributed by atoms with Gasteiger partial charge in [-0.25, -0.2) is 23.4 Å². The Balaban J connectivity index is 1.58. The van der Waals surface area contributed by atoms with Crippen molar-refractivity contribution in [2.45, 2.75) is 18.4 Å². The summed E-state index contributed by atoms with van der Waals surface area (Å²) in [5.41, 5.74) is 3.51. The number of halogens is 2. The number of nitrogens with zero attached hydrogens (tertiary/aromatic N) is 7. The number of hydrogen-bond acceptors (Lipinski definition) is 8. The van der Waals surface area contributed by atoms with Gasteiger partial charge in [0.2, 0.25) is 0 Å². The van der Waals surface area contributed by atoms with E-state index < -0.39 is 12.0 Å². The number of hydrazine groups is 1. The number of carbonyl (C=O) groups excluding carboxylic acids is 1. The highest BCUT2D eigenvalue weighted by molar-refractivity contribution is 5.83. The Bertz CT molecular complexity index is 809. The minimum Gasteiger partial charge on any atom is -0.350 e. The second-order valence-corrected chi connectivity index (χ2v) is 5.76. The predicted octanol–water partition coefficient (Wildman–Crippen LogP) is 0.304. The van der Waals surface area contributed by atoms with Gasteiger partial charge in [0.05, 0.1) is 24.6 Å². The van der Waals surface area contributed by atoms with Crippen LogP contribution in [0.5, 0.6) is 0 Å². The third-order valence-electron chi connectivity index (χ3n) is 4.13. The van der Waals surface area contributed by atoms with Crippen LogP contribution in [-0.4, -0.2) is 56.3 Å². The van der Waals surface area contributed by atoms with Crippen molar-refractivity contribution in [2.24, 2.45) is 0 Å². The Hall–Kier alpha value is -3.11.